The number of aromatic amines is 1. The van der Waals surface area contributed by atoms with Crippen LogP contribution >= 0.6 is 11.3 Å². The number of hydrogen-bond acceptors (Lipinski definition) is 6. The minimum Gasteiger partial charge on any atom is -0.387 e. The van der Waals surface area contributed by atoms with Crippen molar-refractivity contribution in [1.82, 2.24) is 24.5 Å². The number of H-pyrrole nitrogens is 1. The number of nitrogens with zero attached hydrogens (tertiary/aromatic N) is 4. The van der Waals surface area contributed by atoms with Crippen LogP contribution in [-0.2, 0) is 0 Å². The molecule has 0 radical (unpaired) electrons. The Balaban J connectivity index is 1.93. The maximum atomic E-state index is 13.0. The molecule has 0 aromatic carbocycles. The number of fused-ring (bicyclic) bond motifs is 3. The average molecular weight is 364 g/mol. The Morgan fingerprint density at radius 1 is 1.38 bits per heavy atom. The number of hydrogen-bond donors (Lipinski definition) is 2. The Morgan fingerprint density at radius 3 is 3.00 bits per heavy atom. The molecule has 4 aromatic heterocycles. The molecule has 8 heteroatoms. The molecule has 130 valence electrons. The lowest BCUT2D eigenvalue weighted by atomic mass is 10.2. The molecule has 0 atom stereocenters. The van der Waals surface area contributed by atoms with E-state index in [0.29, 0.717) is 10.2 Å². The average Bonchev–Trinajstić information content (AvgIpc) is 3.26. The Hall–Kier alpha value is -3.26. The second kappa shape index (κ2) is 6.23. The van der Waals surface area contributed by atoms with Crippen molar-refractivity contribution in [3.8, 4) is 0 Å². The zero-order valence-electron chi connectivity index (χ0n) is 14.3. The van der Waals surface area contributed by atoms with E-state index in [2.05, 4.69) is 31.8 Å². The number of thiophene rings is 1. The summed E-state index contributed by atoms with van der Waals surface area (Å²) >= 11 is 1.35. The molecule has 0 saturated carbocycles. The second-order valence-corrected chi connectivity index (χ2v) is 6.68. The smallest absolute Gasteiger partial charge is 0.275 e. The molecule has 7 nitrogen and oxygen atoms in total. The minimum absolute atomic E-state index is 0.117. The van der Waals surface area contributed by atoms with Gasteiger partial charge in [-0.05, 0) is 25.1 Å². The number of anilines is 1. The normalized spacial score (nSPS) is 12.0. The number of imidazole rings is 1. The van der Waals surface area contributed by atoms with E-state index in [9.17, 15) is 4.79 Å². The molecule has 0 aliphatic carbocycles. The predicted octanol–water partition coefficient (Wildman–Crippen LogP) is 3.43. The van der Waals surface area contributed by atoms with Gasteiger partial charge in [0.15, 0.2) is 0 Å². The van der Waals surface area contributed by atoms with Crippen LogP contribution < -0.4 is 10.9 Å². The van der Waals surface area contributed by atoms with E-state index in [1.54, 1.807) is 24.9 Å². The van der Waals surface area contributed by atoms with Crippen molar-refractivity contribution in [2.45, 2.75) is 6.92 Å². The van der Waals surface area contributed by atoms with Gasteiger partial charge in [0.2, 0.25) is 0 Å². The second-order valence-electron chi connectivity index (χ2n) is 5.68. The monoisotopic (exact) mass is 364 g/mol. The molecule has 0 saturated heterocycles. The first kappa shape index (κ1) is 16.2. The van der Waals surface area contributed by atoms with Crippen molar-refractivity contribution in [2.75, 3.05) is 12.4 Å². The van der Waals surface area contributed by atoms with Crippen molar-refractivity contribution in [2.24, 2.45) is 0 Å². The molecule has 0 bridgehead atoms. The fourth-order valence-corrected chi connectivity index (χ4v) is 3.94. The quantitative estimate of drug-likeness (QED) is 0.579. The summed E-state index contributed by atoms with van der Waals surface area (Å²) in [7, 11) is 1.84. The molecule has 0 unspecified atom stereocenters. The summed E-state index contributed by atoms with van der Waals surface area (Å²) < 4.78 is 2.11. The van der Waals surface area contributed by atoms with Crippen molar-refractivity contribution in [1.29, 1.82) is 0 Å². The number of pyridine rings is 1. The molecule has 4 aromatic rings. The van der Waals surface area contributed by atoms with Crippen molar-refractivity contribution < 1.29 is 0 Å². The first-order chi connectivity index (χ1) is 12.6. The summed E-state index contributed by atoms with van der Waals surface area (Å²) in [4.78, 5) is 29.9. The summed E-state index contributed by atoms with van der Waals surface area (Å²) in [5.74, 6) is 0. The zero-order chi connectivity index (χ0) is 18.3. The number of allylic oxidation sites excluding steroid dienone is 1. The van der Waals surface area contributed by atoms with Crippen molar-refractivity contribution >= 4 is 55.3 Å². The van der Waals surface area contributed by atoms with Crippen LogP contribution in [0.3, 0.4) is 0 Å². The standard InChI is InChI=1S/C18H16N6OS/c1-4-11-13(22-8-21-11)7-10(2)24-9-23-15-14-12(19-3)5-6-20-17(14)26-16(15)18(24)25/h4-9H,1H2,2-3H3,(H,19,20)(H,21,22)/b10-7+. The first-order valence-corrected chi connectivity index (χ1v) is 8.76. The van der Waals surface area contributed by atoms with Gasteiger partial charge in [-0.1, -0.05) is 6.58 Å². The maximum absolute atomic E-state index is 13.0. The number of rotatable bonds is 4. The molecule has 0 aliphatic rings. The lowest BCUT2D eigenvalue weighted by Crippen LogP contribution is -2.17. The summed E-state index contributed by atoms with van der Waals surface area (Å²) in [5.41, 5.74) is 3.72. The van der Waals surface area contributed by atoms with Gasteiger partial charge in [-0.25, -0.2) is 15.0 Å². The van der Waals surface area contributed by atoms with Crippen LogP contribution in [0.4, 0.5) is 5.69 Å². The third-order valence-electron chi connectivity index (χ3n) is 4.18. The van der Waals surface area contributed by atoms with Crippen LogP contribution in [0.2, 0.25) is 0 Å². The van der Waals surface area contributed by atoms with E-state index < -0.39 is 0 Å². The van der Waals surface area contributed by atoms with E-state index >= 15 is 0 Å². The highest BCUT2D eigenvalue weighted by molar-refractivity contribution is 7.25. The summed E-state index contributed by atoms with van der Waals surface area (Å²) in [6, 6.07) is 1.88. The largest absolute Gasteiger partial charge is 0.387 e. The molecule has 26 heavy (non-hydrogen) atoms. The Kier molecular flexibility index (Phi) is 3.89. The SMILES string of the molecule is C=Cc1nc[nH]c1/C=C(\C)n1cnc2c(sc3nccc(NC)c32)c1=O. The summed E-state index contributed by atoms with van der Waals surface area (Å²) in [6.45, 7) is 5.59. The van der Waals surface area contributed by atoms with E-state index in [0.717, 1.165) is 33.0 Å². The third-order valence-corrected chi connectivity index (χ3v) is 5.25. The molecule has 2 N–H and O–H groups in total. The summed E-state index contributed by atoms with van der Waals surface area (Å²) in [5, 5.41) is 4.01. The molecular formula is C18H16N6OS. The Labute approximate surface area is 152 Å². The van der Waals surface area contributed by atoms with E-state index in [4.69, 9.17) is 0 Å². The van der Waals surface area contributed by atoms with Gasteiger partial charge in [-0.3, -0.25) is 9.36 Å². The highest BCUT2D eigenvalue weighted by Crippen LogP contribution is 2.33. The van der Waals surface area contributed by atoms with Crippen LogP contribution in [0, 0.1) is 0 Å². The van der Waals surface area contributed by atoms with Gasteiger partial charge in [0.25, 0.3) is 5.56 Å². The van der Waals surface area contributed by atoms with Crippen LogP contribution in [0.25, 0.3) is 38.3 Å². The fourth-order valence-electron chi connectivity index (χ4n) is 2.88. The highest BCUT2D eigenvalue weighted by Gasteiger charge is 2.15. The van der Waals surface area contributed by atoms with Crippen LogP contribution in [0.15, 0.2) is 36.3 Å². The van der Waals surface area contributed by atoms with Gasteiger partial charge in [0, 0.05) is 24.6 Å². The van der Waals surface area contributed by atoms with Crippen molar-refractivity contribution in [3.63, 3.8) is 0 Å². The molecule has 4 rings (SSSR count). The molecule has 0 spiro atoms. The van der Waals surface area contributed by atoms with Gasteiger partial charge >= 0.3 is 0 Å². The molecule has 4 heterocycles. The maximum Gasteiger partial charge on any atom is 0.275 e. The van der Waals surface area contributed by atoms with Crippen molar-refractivity contribution in [3.05, 3.63) is 53.2 Å². The van der Waals surface area contributed by atoms with Crippen LogP contribution in [0.1, 0.15) is 18.3 Å². The van der Waals surface area contributed by atoms with Gasteiger partial charge < -0.3 is 10.3 Å². The lowest BCUT2D eigenvalue weighted by Gasteiger charge is -2.06. The van der Waals surface area contributed by atoms with Gasteiger partial charge in [-0.2, -0.15) is 0 Å². The number of nitrogens with one attached hydrogen (secondary N) is 2. The van der Waals surface area contributed by atoms with E-state index in [1.165, 1.54) is 15.9 Å². The summed E-state index contributed by atoms with van der Waals surface area (Å²) in [6.07, 6.45) is 8.39. The first-order valence-electron chi connectivity index (χ1n) is 7.95. The van der Waals surface area contributed by atoms with Gasteiger partial charge in [0.05, 0.1) is 28.6 Å². The molecule has 0 fully saturated rings. The minimum atomic E-state index is -0.117. The van der Waals surface area contributed by atoms with Gasteiger partial charge in [-0.15, -0.1) is 11.3 Å². The Morgan fingerprint density at radius 2 is 2.23 bits per heavy atom. The lowest BCUT2D eigenvalue weighted by molar-refractivity contribution is 0.987. The fraction of sp³-hybridized carbons (Fsp3) is 0.111. The topological polar surface area (TPSA) is 88.5 Å². The van der Waals surface area contributed by atoms with Crippen LogP contribution in [0.5, 0.6) is 0 Å². The third kappa shape index (κ3) is 2.42. The predicted molar refractivity (Wildman–Crippen MR) is 107 cm³/mol. The van der Waals surface area contributed by atoms with E-state index in [1.807, 2.05) is 26.1 Å². The number of aromatic nitrogens is 5. The molecule has 0 aliphatic heterocycles. The molecule has 0 amide bonds. The highest BCUT2D eigenvalue weighted by atomic mass is 32.1. The Bertz CT molecular complexity index is 1230. The zero-order valence-corrected chi connectivity index (χ0v) is 15.1. The van der Waals surface area contributed by atoms with Crippen LogP contribution in [-0.4, -0.2) is 31.6 Å². The van der Waals surface area contributed by atoms with E-state index in [-0.39, 0.29) is 5.56 Å². The molecular weight excluding hydrogens is 348 g/mol. The van der Waals surface area contributed by atoms with Gasteiger partial charge in [0.1, 0.15) is 15.9 Å².